The van der Waals surface area contributed by atoms with Gasteiger partial charge in [-0.05, 0) is 51.4 Å². The van der Waals surface area contributed by atoms with Gasteiger partial charge in [0.2, 0.25) is 0 Å². The molecule has 1 N–H and O–H groups in total. The Kier molecular flexibility index (Phi) is 3.67. The van der Waals surface area contributed by atoms with Crippen LogP contribution in [0.15, 0.2) is 23.6 Å². The van der Waals surface area contributed by atoms with E-state index in [1.165, 1.54) is 34.5 Å². The molecule has 0 aliphatic carbocycles. The Balaban J connectivity index is 1.89. The second kappa shape index (κ2) is 5.43. The summed E-state index contributed by atoms with van der Waals surface area (Å²) in [5.74, 6) is 0.658. The van der Waals surface area contributed by atoms with E-state index in [1.54, 1.807) is 0 Å². The maximum Gasteiger partial charge on any atom is 0.0964 e. The van der Waals surface area contributed by atoms with E-state index in [1.807, 2.05) is 11.3 Å². The lowest BCUT2D eigenvalue weighted by Gasteiger charge is -2.20. The number of benzene rings is 1. The molecule has 2 aromatic rings. The Bertz CT molecular complexity index is 568. The average molecular weight is 272 g/mol. The molecular weight excluding hydrogens is 252 g/mol. The number of thiazole rings is 1. The largest absolute Gasteiger partial charge is 0.317 e. The first-order valence-corrected chi connectivity index (χ1v) is 7.86. The van der Waals surface area contributed by atoms with E-state index in [0.29, 0.717) is 5.92 Å². The second-order valence-corrected chi connectivity index (χ2v) is 6.30. The molecule has 1 aromatic heterocycles. The third kappa shape index (κ3) is 2.72. The first-order chi connectivity index (χ1) is 9.24. The zero-order valence-corrected chi connectivity index (χ0v) is 12.4. The number of nitrogens with zero attached hydrogens (tertiary/aromatic N) is 1. The van der Waals surface area contributed by atoms with E-state index in [0.717, 1.165) is 18.8 Å². The van der Waals surface area contributed by atoms with E-state index in [-0.39, 0.29) is 0 Å². The quantitative estimate of drug-likeness (QED) is 0.897. The van der Waals surface area contributed by atoms with E-state index < -0.39 is 0 Å². The SMILES string of the molecule is Cc1ccc(C)c(-c2csc(C3CCNCC3)n2)c1. The van der Waals surface area contributed by atoms with E-state index in [4.69, 9.17) is 4.98 Å². The second-order valence-electron chi connectivity index (χ2n) is 5.41. The number of nitrogens with one attached hydrogen (secondary N) is 1. The summed E-state index contributed by atoms with van der Waals surface area (Å²) in [4.78, 5) is 4.90. The summed E-state index contributed by atoms with van der Waals surface area (Å²) in [5.41, 5.74) is 5.06. The highest BCUT2D eigenvalue weighted by Gasteiger charge is 2.19. The standard InChI is InChI=1S/C16H20N2S/c1-11-3-4-12(2)14(9-11)15-10-19-16(18-15)13-5-7-17-8-6-13/h3-4,9-10,13,17H,5-8H2,1-2H3. The van der Waals surface area contributed by atoms with Crippen LogP contribution in [-0.4, -0.2) is 18.1 Å². The fraction of sp³-hybridized carbons (Fsp3) is 0.438. The highest BCUT2D eigenvalue weighted by Crippen LogP contribution is 2.32. The molecule has 0 atom stereocenters. The van der Waals surface area contributed by atoms with Crippen LogP contribution in [0.2, 0.25) is 0 Å². The molecular formula is C16H20N2S. The van der Waals surface area contributed by atoms with Crippen molar-refractivity contribution in [2.45, 2.75) is 32.6 Å². The number of aromatic nitrogens is 1. The summed E-state index contributed by atoms with van der Waals surface area (Å²) in [6.45, 7) is 6.56. The summed E-state index contributed by atoms with van der Waals surface area (Å²) < 4.78 is 0. The first kappa shape index (κ1) is 12.8. The Hall–Kier alpha value is -1.19. The number of hydrogen-bond donors (Lipinski definition) is 1. The van der Waals surface area contributed by atoms with Gasteiger partial charge in [0.05, 0.1) is 10.7 Å². The van der Waals surface area contributed by atoms with Crippen molar-refractivity contribution < 1.29 is 0 Å². The van der Waals surface area contributed by atoms with Crippen LogP contribution in [0.3, 0.4) is 0 Å². The molecule has 0 saturated carbocycles. The third-order valence-corrected chi connectivity index (χ3v) is 4.89. The summed E-state index contributed by atoms with van der Waals surface area (Å²) >= 11 is 1.83. The zero-order valence-electron chi connectivity index (χ0n) is 11.6. The van der Waals surface area contributed by atoms with E-state index in [2.05, 4.69) is 42.7 Å². The monoisotopic (exact) mass is 272 g/mol. The lowest BCUT2D eigenvalue weighted by molar-refractivity contribution is 0.459. The third-order valence-electron chi connectivity index (χ3n) is 3.88. The number of hydrogen-bond acceptors (Lipinski definition) is 3. The Morgan fingerprint density at radius 3 is 2.79 bits per heavy atom. The fourth-order valence-electron chi connectivity index (χ4n) is 2.68. The molecule has 0 spiro atoms. The van der Waals surface area contributed by atoms with Crippen LogP contribution in [0.5, 0.6) is 0 Å². The lowest BCUT2D eigenvalue weighted by Crippen LogP contribution is -2.26. The van der Waals surface area contributed by atoms with Crippen molar-refractivity contribution in [1.82, 2.24) is 10.3 Å². The average Bonchev–Trinajstić information content (AvgIpc) is 2.92. The van der Waals surface area contributed by atoms with Crippen molar-refractivity contribution in [3.63, 3.8) is 0 Å². The van der Waals surface area contributed by atoms with Gasteiger partial charge in [0.25, 0.3) is 0 Å². The van der Waals surface area contributed by atoms with Gasteiger partial charge in [-0.2, -0.15) is 0 Å². The molecule has 1 aliphatic heterocycles. The van der Waals surface area contributed by atoms with Gasteiger partial charge in [-0.1, -0.05) is 17.7 Å². The molecule has 3 rings (SSSR count). The van der Waals surface area contributed by atoms with Gasteiger partial charge in [0, 0.05) is 16.9 Å². The number of aryl methyl sites for hydroxylation is 2. The lowest BCUT2D eigenvalue weighted by atomic mass is 9.99. The van der Waals surface area contributed by atoms with Gasteiger partial charge in [-0.3, -0.25) is 0 Å². The Labute approximate surface area is 118 Å². The highest BCUT2D eigenvalue weighted by atomic mass is 32.1. The minimum Gasteiger partial charge on any atom is -0.317 e. The van der Waals surface area contributed by atoms with E-state index >= 15 is 0 Å². The van der Waals surface area contributed by atoms with Crippen LogP contribution in [0.1, 0.15) is 34.9 Å². The predicted octanol–water partition coefficient (Wildman–Crippen LogP) is 3.89. The van der Waals surface area contributed by atoms with Gasteiger partial charge >= 0.3 is 0 Å². The molecule has 2 heterocycles. The van der Waals surface area contributed by atoms with Crippen LogP contribution in [0.25, 0.3) is 11.3 Å². The smallest absolute Gasteiger partial charge is 0.0964 e. The molecule has 1 aromatic carbocycles. The molecule has 1 saturated heterocycles. The van der Waals surface area contributed by atoms with Crippen molar-refractivity contribution in [3.05, 3.63) is 39.7 Å². The summed E-state index contributed by atoms with van der Waals surface area (Å²) in [6.07, 6.45) is 2.44. The fourth-order valence-corrected chi connectivity index (χ4v) is 3.67. The highest BCUT2D eigenvalue weighted by molar-refractivity contribution is 7.10. The number of rotatable bonds is 2. The minimum atomic E-state index is 0.658. The molecule has 0 amide bonds. The summed E-state index contributed by atoms with van der Waals surface area (Å²) in [6, 6.07) is 6.60. The Morgan fingerprint density at radius 1 is 1.21 bits per heavy atom. The molecule has 100 valence electrons. The molecule has 0 unspecified atom stereocenters. The predicted molar refractivity (Wildman–Crippen MR) is 81.9 cm³/mol. The summed E-state index contributed by atoms with van der Waals surface area (Å²) in [5, 5.41) is 6.95. The molecule has 1 aliphatic rings. The van der Waals surface area contributed by atoms with Crippen LogP contribution in [-0.2, 0) is 0 Å². The van der Waals surface area contributed by atoms with Crippen LogP contribution in [0.4, 0.5) is 0 Å². The van der Waals surface area contributed by atoms with Gasteiger partial charge in [0.15, 0.2) is 0 Å². The molecule has 19 heavy (non-hydrogen) atoms. The van der Waals surface area contributed by atoms with Crippen LogP contribution < -0.4 is 5.32 Å². The normalized spacial score (nSPS) is 16.7. The molecule has 0 radical (unpaired) electrons. The maximum absolute atomic E-state index is 4.90. The van der Waals surface area contributed by atoms with Gasteiger partial charge < -0.3 is 5.32 Å². The van der Waals surface area contributed by atoms with Crippen molar-refractivity contribution in [2.24, 2.45) is 0 Å². The van der Waals surface area contributed by atoms with Crippen LogP contribution in [0, 0.1) is 13.8 Å². The van der Waals surface area contributed by atoms with Crippen molar-refractivity contribution in [2.75, 3.05) is 13.1 Å². The van der Waals surface area contributed by atoms with Gasteiger partial charge in [-0.15, -0.1) is 11.3 Å². The molecule has 2 nitrogen and oxygen atoms in total. The van der Waals surface area contributed by atoms with Crippen molar-refractivity contribution in [3.8, 4) is 11.3 Å². The van der Waals surface area contributed by atoms with Crippen molar-refractivity contribution >= 4 is 11.3 Å². The van der Waals surface area contributed by atoms with Crippen LogP contribution >= 0.6 is 11.3 Å². The Morgan fingerprint density at radius 2 is 2.00 bits per heavy atom. The summed E-state index contributed by atoms with van der Waals surface area (Å²) in [7, 11) is 0. The molecule has 1 fully saturated rings. The number of piperidine rings is 1. The van der Waals surface area contributed by atoms with E-state index in [9.17, 15) is 0 Å². The van der Waals surface area contributed by atoms with Crippen molar-refractivity contribution in [1.29, 1.82) is 0 Å². The molecule has 0 bridgehead atoms. The molecule has 3 heteroatoms. The zero-order chi connectivity index (χ0) is 13.2. The minimum absolute atomic E-state index is 0.658. The van der Waals surface area contributed by atoms with Gasteiger partial charge in [0.1, 0.15) is 0 Å². The first-order valence-electron chi connectivity index (χ1n) is 6.98. The maximum atomic E-state index is 4.90. The topological polar surface area (TPSA) is 24.9 Å². The van der Waals surface area contributed by atoms with Gasteiger partial charge in [-0.25, -0.2) is 4.98 Å².